The van der Waals surface area contributed by atoms with Crippen LogP contribution in [0.1, 0.15) is 15.4 Å². The van der Waals surface area contributed by atoms with Crippen molar-refractivity contribution in [1.29, 1.82) is 0 Å². The zero-order valence-electron chi connectivity index (χ0n) is 13.9. The Bertz CT molecular complexity index is 933. The molecule has 0 spiro atoms. The maximum Gasteiger partial charge on any atom is 0.266 e. The van der Waals surface area contributed by atoms with Gasteiger partial charge in [0.25, 0.3) is 5.91 Å². The molecule has 0 aliphatic carbocycles. The Morgan fingerprint density at radius 3 is 2.64 bits per heavy atom. The van der Waals surface area contributed by atoms with E-state index >= 15 is 0 Å². The van der Waals surface area contributed by atoms with Gasteiger partial charge in [-0.3, -0.25) is 4.79 Å². The van der Waals surface area contributed by atoms with Gasteiger partial charge in [-0.15, -0.1) is 11.3 Å². The number of nitrogens with two attached hydrogens (primary N) is 1. The summed E-state index contributed by atoms with van der Waals surface area (Å²) in [5.74, 6) is 0.599. The first-order chi connectivity index (χ1) is 12.1. The van der Waals surface area contributed by atoms with Crippen LogP contribution in [0.15, 0.2) is 30.3 Å². The molecule has 2 aromatic heterocycles. The minimum atomic E-state index is -0.0514. The molecule has 3 aromatic rings. The monoisotopic (exact) mass is 354 g/mol. The number of morpholine rings is 1. The molecule has 0 bridgehead atoms. The molecule has 7 heteroatoms. The maximum atomic E-state index is 12.8. The third-order valence-corrected chi connectivity index (χ3v) is 5.38. The van der Waals surface area contributed by atoms with Gasteiger partial charge in [-0.25, -0.2) is 9.97 Å². The third-order valence-electron chi connectivity index (χ3n) is 4.29. The molecule has 0 radical (unpaired) electrons. The number of fused-ring (bicyclic) bond motifs is 1. The van der Waals surface area contributed by atoms with Crippen LogP contribution >= 0.6 is 11.3 Å². The first-order valence-corrected chi connectivity index (χ1v) is 8.96. The molecule has 1 aromatic carbocycles. The Kier molecular flexibility index (Phi) is 4.10. The van der Waals surface area contributed by atoms with Crippen LogP contribution in [0.4, 0.5) is 5.69 Å². The molecule has 1 amide bonds. The molecule has 128 valence electrons. The number of nitrogens with zero attached hydrogens (tertiary/aromatic N) is 3. The first-order valence-electron chi connectivity index (χ1n) is 8.14. The Labute approximate surface area is 149 Å². The Morgan fingerprint density at radius 2 is 1.92 bits per heavy atom. The molecule has 0 saturated carbocycles. The number of carbonyl (C=O) groups excluding carboxylic acids is 1. The van der Waals surface area contributed by atoms with E-state index in [9.17, 15) is 4.79 Å². The van der Waals surface area contributed by atoms with Crippen molar-refractivity contribution in [3.63, 3.8) is 0 Å². The van der Waals surface area contributed by atoms with Crippen LogP contribution in [0.5, 0.6) is 0 Å². The van der Waals surface area contributed by atoms with Crippen molar-refractivity contribution in [2.75, 3.05) is 32.0 Å². The molecular formula is C18H18N4O2S. The number of hydrogen-bond donors (Lipinski definition) is 1. The van der Waals surface area contributed by atoms with E-state index in [1.54, 1.807) is 4.90 Å². The van der Waals surface area contributed by atoms with E-state index in [2.05, 4.69) is 9.97 Å². The number of nitrogen functional groups attached to an aromatic ring is 1. The molecule has 1 saturated heterocycles. The van der Waals surface area contributed by atoms with E-state index in [0.29, 0.717) is 42.7 Å². The van der Waals surface area contributed by atoms with E-state index in [4.69, 9.17) is 10.5 Å². The minimum absolute atomic E-state index is 0.0514. The highest BCUT2D eigenvalue weighted by Crippen LogP contribution is 2.36. The van der Waals surface area contributed by atoms with Crippen molar-refractivity contribution >= 4 is 33.1 Å². The van der Waals surface area contributed by atoms with Crippen LogP contribution in [0, 0.1) is 6.92 Å². The van der Waals surface area contributed by atoms with Gasteiger partial charge in [-0.2, -0.15) is 0 Å². The molecule has 4 rings (SSSR count). The van der Waals surface area contributed by atoms with Crippen molar-refractivity contribution < 1.29 is 9.53 Å². The van der Waals surface area contributed by atoms with Crippen LogP contribution in [0.25, 0.3) is 21.6 Å². The summed E-state index contributed by atoms with van der Waals surface area (Å²) >= 11 is 1.34. The summed E-state index contributed by atoms with van der Waals surface area (Å²) in [4.78, 5) is 25.1. The van der Waals surface area contributed by atoms with E-state index < -0.39 is 0 Å². The van der Waals surface area contributed by atoms with E-state index in [-0.39, 0.29) is 5.91 Å². The lowest BCUT2D eigenvalue weighted by atomic mass is 10.2. The number of amides is 1. The smallest absolute Gasteiger partial charge is 0.266 e. The minimum Gasteiger partial charge on any atom is -0.397 e. The molecular weight excluding hydrogens is 336 g/mol. The summed E-state index contributed by atoms with van der Waals surface area (Å²) < 4.78 is 5.31. The summed E-state index contributed by atoms with van der Waals surface area (Å²) in [6, 6.07) is 9.80. The average molecular weight is 354 g/mol. The highest BCUT2D eigenvalue weighted by Gasteiger charge is 2.25. The van der Waals surface area contributed by atoms with Gasteiger partial charge < -0.3 is 15.4 Å². The van der Waals surface area contributed by atoms with Crippen molar-refractivity contribution in [1.82, 2.24) is 14.9 Å². The van der Waals surface area contributed by atoms with Crippen molar-refractivity contribution in [2.24, 2.45) is 0 Å². The fraction of sp³-hybridized carbons (Fsp3) is 0.278. The van der Waals surface area contributed by atoms with Gasteiger partial charge in [0.05, 0.1) is 30.0 Å². The summed E-state index contributed by atoms with van der Waals surface area (Å²) in [7, 11) is 0. The lowest BCUT2D eigenvalue weighted by Gasteiger charge is -2.26. The molecule has 6 nitrogen and oxygen atoms in total. The Hall–Kier alpha value is -2.51. The van der Waals surface area contributed by atoms with E-state index in [1.165, 1.54) is 11.3 Å². The second kappa shape index (κ2) is 6.42. The van der Waals surface area contributed by atoms with Gasteiger partial charge in [0.15, 0.2) is 5.82 Å². The third kappa shape index (κ3) is 2.85. The van der Waals surface area contributed by atoms with Gasteiger partial charge in [0.1, 0.15) is 9.71 Å². The second-order valence-corrected chi connectivity index (χ2v) is 6.93. The predicted octanol–water partition coefficient (Wildman–Crippen LogP) is 2.72. The molecule has 2 N–H and O–H groups in total. The van der Waals surface area contributed by atoms with Gasteiger partial charge >= 0.3 is 0 Å². The summed E-state index contributed by atoms with van der Waals surface area (Å²) in [5, 5.41) is 0.779. The van der Waals surface area contributed by atoms with Gasteiger partial charge in [0, 0.05) is 18.7 Å². The predicted molar refractivity (Wildman–Crippen MR) is 98.7 cm³/mol. The molecule has 25 heavy (non-hydrogen) atoms. The molecule has 1 aliphatic heterocycles. The van der Waals surface area contributed by atoms with Gasteiger partial charge in [0.2, 0.25) is 0 Å². The fourth-order valence-corrected chi connectivity index (χ4v) is 4.09. The second-order valence-electron chi connectivity index (χ2n) is 5.93. The lowest BCUT2D eigenvalue weighted by Crippen LogP contribution is -2.40. The number of hydrogen-bond acceptors (Lipinski definition) is 6. The largest absolute Gasteiger partial charge is 0.397 e. The number of aryl methyl sites for hydroxylation is 1. The summed E-state index contributed by atoms with van der Waals surface area (Å²) in [5.41, 5.74) is 8.50. The number of aromatic nitrogens is 2. The highest BCUT2D eigenvalue weighted by atomic mass is 32.1. The van der Waals surface area contributed by atoms with Gasteiger partial charge in [-0.1, -0.05) is 30.3 Å². The number of anilines is 1. The highest BCUT2D eigenvalue weighted by molar-refractivity contribution is 7.21. The lowest BCUT2D eigenvalue weighted by molar-refractivity contribution is 0.0307. The number of ether oxygens (including phenoxy) is 1. The van der Waals surface area contributed by atoms with Crippen LogP contribution in [0.2, 0.25) is 0 Å². The zero-order valence-corrected chi connectivity index (χ0v) is 14.7. The number of rotatable bonds is 2. The summed E-state index contributed by atoms with van der Waals surface area (Å²) in [6.45, 7) is 4.21. The average Bonchev–Trinajstić information content (AvgIpc) is 2.99. The van der Waals surface area contributed by atoms with Crippen LogP contribution < -0.4 is 5.73 Å². The van der Waals surface area contributed by atoms with Crippen LogP contribution in [-0.2, 0) is 4.74 Å². The summed E-state index contributed by atoms with van der Waals surface area (Å²) in [6.07, 6.45) is 0. The zero-order chi connectivity index (χ0) is 17.4. The van der Waals surface area contributed by atoms with E-state index in [0.717, 1.165) is 21.5 Å². The van der Waals surface area contributed by atoms with Crippen LogP contribution in [-0.4, -0.2) is 47.1 Å². The SMILES string of the molecule is Cc1nc(-c2ccccc2)nc2sc(C(=O)N3CCOCC3)c(N)c12. The Balaban J connectivity index is 1.79. The van der Waals surface area contributed by atoms with E-state index in [1.807, 2.05) is 37.3 Å². The Morgan fingerprint density at radius 1 is 1.20 bits per heavy atom. The number of benzene rings is 1. The van der Waals surface area contributed by atoms with Crippen LogP contribution in [0.3, 0.4) is 0 Å². The molecule has 0 atom stereocenters. The van der Waals surface area contributed by atoms with Gasteiger partial charge in [-0.05, 0) is 6.92 Å². The normalized spacial score (nSPS) is 14.8. The molecule has 0 unspecified atom stereocenters. The number of carbonyl (C=O) groups is 1. The molecule has 3 heterocycles. The first kappa shape index (κ1) is 16.0. The van der Waals surface area contributed by atoms with Crippen molar-refractivity contribution in [3.8, 4) is 11.4 Å². The quantitative estimate of drug-likeness (QED) is 0.765. The fourth-order valence-electron chi connectivity index (χ4n) is 2.98. The topological polar surface area (TPSA) is 81.3 Å². The standard InChI is InChI=1S/C18H18N4O2S/c1-11-13-14(19)15(18(23)22-7-9-24-10-8-22)25-17(13)21-16(20-11)12-5-3-2-4-6-12/h2-6H,7-10,19H2,1H3. The number of thiophene rings is 1. The van der Waals surface area contributed by atoms with Crippen molar-refractivity contribution in [2.45, 2.75) is 6.92 Å². The molecule has 1 fully saturated rings. The van der Waals surface area contributed by atoms with Crippen molar-refractivity contribution in [3.05, 3.63) is 40.9 Å². The maximum absolute atomic E-state index is 12.8. The molecule has 1 aliphatic rings.